The lowest BCUT2D eigenvalue weighted by atomic mass is 10.0. The summed E-state index contributed by atoms with van der Waals surface area (Å²) in [6, 6.07) is 14.4. The Bertz CT molecular complexity index is 831. The summed E-state index contributed by atoms with van der Waals surface area (Å²) in [4.78, 5) is 0. The highest BCUT2D eigenvalue weighted by Gasteiger charge is 2.14. The van der Waals surface area contributed by atoms with Crippen molar-refractivity contribution in [2.75, 3.05) is 13.1 Å². The van der Waals surface area contributed by atoms with Gasteiger partial charge >= 0.3 is 0 Å². The molecule has 4 rings (SSSR count). The number of halogens is 2. The van der Waals surface area contributed by atoms with E-state index in [1.54, 1.807) is 0 Å². The van der Waals surface area contributed by atoms with E-state index in [0.29, 0.717) is 10.0 Å². The van der Waals surface area contributed by atoms with Crippen LogP contribution in [-0.4, -0.2) is 17.7 Å². The normalized spacial score (nSPS) is 14.8. The number of fused-ring (bicyclic) bond motifs is 3. The Morgan fingerprint density at radius 1 is 0.955 bits per heavy atom. The van der Waals surface area contributed by atoms with Gasteiger partial charge in [-0.25, -0.2) is 0 Å². The first-order valence-corrected chi connectivity index (χ1v) is 8.27. The van der Waals surface area contributed by atoms with Crippen LogP contribution >= 0.6 is 23.2 Å². The van der Waals surface area contributed by atoms with Crippen LogP contribution in [0.5, 0.6) is 0 Å². The Balaban J connectivity index is 1.88. The maximum absolute atomic E-state index is 6.34. The maximum atomic E-state index is 6.34. The first-order chi connectivity index (χ1) is 10.7. The van der Waals surface area contributed by atoms with Gasteiger partial charge in [0.05, 0.1) is 0 Å². The van der Waals surface area contributed by atoms with Crippen LogP contribution in [0, 0.1) is 0 Å². The van der Waals surface area contributed by atoms with Gasteiger partial charge in [-0.1, -0.05) is 35.3 Å². The largest absolute Gasteiger partial charge is 0.343 e. The van der Waals surface area contributed by atoms with Crippen LogP contribution in [0.25, 0.3) is 22.0 Å². The molecule has 0 saturated heterocycles. The van der Waals surface area contributed by atoms with E-state index in [2.05, 4.69) is 34.1 Å². The maximum Gasteiger partial charge on any atom is 0.0499 e. The molecule has 0 spiro atoms. The third-order valence-electron chi connectivity index (χ3n) is 4.31. The van der Waals surface area contributed by atoms with Crippen molar-refractivity contribution < 1.29 is 0 Å². The summed E-state index contributed by atoms with van der Waals surface area (Å²) in [7, 11) is 0. The Morgan fingerprint density at radius 3 is 2.59 bits per heavy atom. The molecule has 112 valence electrons. The van der Waals surface area contributed by atoms with Gasteiger partial charge in [0, 0.05) is 58.3 Å². The third-order valence-corrected chi connectivity index (χ3v) is 4.94. The van der Waals surface area contributed by atoms with Gasteiger partial charge in [-0.05, 0) is 35.9 Å². The van der Waals surface area contributed by atoms with E-state index in [-0.39, 0.29) is 0 Å². The second-order valence-electron chi connectivity index (χ2n) is 5.66. The van der Waals surface area contributed by atoms with Crippen LogP contribution in [0.4, 0.5) is 0 Å². The van der Waals surface area contributed by atoms with Crippen molar-refractivity contribution in [3.63, 3.8) is 0 Å². The lowest BCUT2D eigenvalue weighted by Gasteiger charge is -2.09. The van der Waals surface area contributed by atoms with Crippen molar-refractivity contribution in [2.45, 2.75) is 13.0 Å². The molecule has 0 aliphatic carbocycles. The van der Waals surface area contributed by atoms with Crippen molar-refractivity contribution in [1.82, 2.24) is 9.88 Å². The molecule has 0 atom stereocenters. The van der Waals surface area contributed by atoms with E-state index in [1.165, 1.54) is 16.6 Å². The van der Waals surface area contributed by atoms with Crippen LogP contribution in [-0.2, 0) is 13.0 Å². The van der Waals surface area contributed by atoms with Gasteiger partial charge in [-0.2, -0.15) is 0 Å². The molecular formula is C18H16Cl2N2. The number of aromatic nitrogens is 1. The summed E-state index contributed by atoms with van der Waals surface area (Å²) in [6.07, 6.45) is 1.07. The third kappa shape index (κ3) is 2.32. The van der Waals surface area contributed by atoms with Gasteiger partial charge in [-0.15, -0.1) is 0 Å². The molecule has 0 bridgehead atoms. The Hall–Kier alpha value is -1.48. The molecule has 4 heteroatoms. The molecule has 0 saturated carbocycles. The lowest BCUT2D eigenvalue weighted by Crippen LogP contribution is -2.17. The molecule has 2 aromatic carbocycles. The zero-order valence-corrected chi connectivity index (χ0v) is 13.6. The first-order valence-electron chi connectivity index (χ1n) is 7.51. The fraction of sp³-hybridized carbons (Fsp3) is 0.222. The van der Waals surface area contributed by atoms with Crippen LogP contribution in [0.15, 0.2) is 42.5 Å². The minimum absolute atomic E-state index is 0.692. The highest BCUT2D eigenvalue weighted by Crippen LogP contribution is 2.36. The van der Waals surface area contributed by atoms with E-state index in [1.807, 2.05) is 18.2 Å². The van der Waals surface area contributed by atoms with E-state index in [9.17, 15) is 0 Å². The summed E-state index contributed by atoms with van der Waals surface area (Å²) >= 11 is 12.7. The molecule has 2 nitrogen and oxygen atoms in total. The van der Waals surface area contributed by atoms with Crippen LogP contribution in [0.3, 0.4) is 0 Å². The fourth-order valence-corrected chi connectivity index (χ4v) is 3.88. The van der Waals surface area contributed by atoms with Crippen molar-refractivity contribution in [1.29, 1.82) is 0 Å². The van der Waals surface area contributed by atoms with Crippen molar-refractivity contribution in [3.05, 3.63) is 58.2 Å². The summed E-state index contributed by atoms with van der Waals surface area (Å²) in [6.45, 7) is 3.08. The molecule has 2 heterocycles. The van der Waals surface area contributed by atoms with Crippen LogP contribution < -0.4 is 5.32 Å². The second kappa shape index (κ2) is 5.62. The van der Waals surface area contributed by atoms with Gasteiger partial charge in [0.1, 0.15) is 0 Å². The van der Waals surface area contributed by atoms with Crippen molar-refractivity contribution in [2.24, 2.45) is 0 Å². The molecule has 0 radical (unpaired) electrons. The molecule has 1 aliphatic rings. The zero-order chi connectivity index (χ0) is 15.1. The van der Waals surface area contributed by atoms with Crippen molar-refractivity contribution >= 4 is 34.1 Å². The average Bonchev–Trinajstić information content (AvgIpc) is 2.68. The molecule has 1 N–H and O–H groups in total. The summed E-state index contributed by atoms with van der Waals surface area (Å²) in [5.74, 6) is 0. The van der Waals surface area contributed by atoms with Crippen LogP contribution in [0.1, 0.15) is 5.69 Å². The lowest BCUT2D eigenvalue weighted by molar-refractivity contribution is 0.658. The predicted molar refractivity (Wildman–Crippen MR) is 94.0 cm³/mol. The number of nitrogens with one attached hydrogen (secondary N) is 1. The van der Waals surface area contributed by atoms with E-state index >= 15 is 0 Å². The molecule has 1 aliphatic heterocycles. The van der Waals surface area contributed by atoms with E-state index in [0.717, 1.165) is 37.2 Å². The minimum atomic E-state index is 0.692. The van der Waals surface area contributed by atoms with Gasteiger partial charge in [-0.3, -0.25) is 0 Å². The monoisotopic (exact) mass is 330 g/mol. The standard InChI is InChI=1S/C18H16Cl2N2/c19-15-2-1-3-16(20)18(15)12-4-5-17-13(10-12)11-14-6-7-21-8-9-22(14)17/h1-5,10-11,21H,6-9H2. The SMILES string of the molecule is Clc1cccc(Cl)c1-c1ccc2c(c1)cc1n2CCNCC1. The smallest absolute Gasteiger partial charge is 0.0499 e. The topological polar surface area (TPSA) is 17.0 Å². The molecule has 1 aromatic heterocycles. The van der Waals surface area contributed by atoms with Crippen LogP contribution in [0.2, 0.25) is 10.0 Å². The Labute approximate surface area is 139 Å². The van der Waals surface area contributed by atoms with Gasteiger partial charge in [0.2, 0.25) is 0 Å². The number of nitrogens with zero attached hydrogens (tertiary/aromatic N) is 1. The first kappa shape index (κ1) is 14.1. The van der Waals surface area contributed by atoms with Gasteiger partial charge in [0.25, 0.3) is 0 Å². The Morgan fingerprint density at radius 2 is 1.77 bits per heavy atom. The quantitative estimate of drug-likeness (QED) is 0.680. The van der Waals surface area contributed by atoms with Gasteiger partial charge in [0.15, 0.2) is 0 Å². The van der Waals surface area contributed by atoms with E-state index < -0.39 is 0 Å². The number of hydrogen-bond acceptors (Lipinski definition) is 1. The van der Waals surface area contributed by atoms with E-state index in [4.69, 9.17) is 23.2 Å². The highest BCUT2D eigenvalue weighted by molar-refractivity contribution is 6.39. The molecule has 0 unspecified atom stereocenters. The van der Waals surface area contributed by atoms with Gasteiger partial charge < -0.3 is 9.88 Å². The molecule has 22 heavy (non-hydrogen) atoms. The Kier molecular flexibility index (Phi) is 3.61. The number of hydrogen-bond donors (Lipinski definition) is 1. The molecular weight excluding hydrogens is 315 g/mol. The predicted octanol–water partition coefficient (Wildman–Crippen LogP) is 4.76. The minimum Gasteiger partial charge on any atom is -0.343 e. The number of benzene rings is 2. The second-order valence-corrected chi connectivity index (χ2v) is 6.47. The molecule has 0 amide bonds. The summed E-state index contributed by atoms with van der Waals surface area (Å²) in [5, 5.41) is 6.08. The molecule has 3 aromatic rings. The average molecular weight is 331 g/mol. The fourth-order valence-electron chi connectivity index (χ4n) is 3.26. The highest BCUT2D eigenvalue weighted by atomic mass is 35.5. The van der Waals surface area contributed by atoms with Crippen molar-refractivity contribution in [3.8, 4) is 11.1 Å². The summed E-state index contributed by atoms with van der Waals surface area (Å²) < 4.78 is 2.41. The zero-order valence-electron chi connectivity index (χ0n) is 12.1. The number of rotatable bonds is 1. The summed E-state index contributed by atoms with van der Waals surface area (Å²) in [5.41, 5.74) is 4.66. The molecule has 0 fully saturated rings.